The van der Waals surface area contributed by atoms with Gasteiger partial charge >= 0.3 is 0 Å². The third-order valence-electron chi connectivity index (χ3n) is 2.34. The van der Waals surface area contributed by atoms with Crippen LogP contribution in [0.2, 0.25) is 10.0 Å². The monoisotopic (exact) mass is 299 g/mol. The van der Waals surface area contributed by atoms with Crippen LogP contribution in [0.3, 0.4) is 0 Å². The van der Waals surface area contributed by atoms with Gasteiger partial charge in [0.05, 0.1) is 22.0 Å². The van der Waals surface area contributed by atoms with E-state index >= 15 is 0 Å². The van der Waals surface area contributed by atoms with Gasteiger partial charge in [-0.05, 0) is 19.1 Å². The fourth-order valence-electron chi connectivity index (χ4n) is 1.43. The molecule has 0 unspecified atom stereocenters. The topological polar surface area (TPSA) is 29.6 Å². The van der Waals surface area contributed by atoms with Crippen molar-refractivity contribution in [2.75, 3.05) is 7.05 Å². The molecular formula is C12H11Cl2N3S. The minimum atomic E-state index is 0.578. The lowest BCUT2D eigenvalue weighted by Gasteiger charge is -2.01. The SMILES string of the molecule is CN=c1scc(C)n1/N=C/c1c(Cl)cccc1Cl. The Labute approximate surface area is 119 Å². The van der Waals surface area contributed by atoms with Crippen LogP contribution in [0.4, 0.5) is 0 Å². The maximum Gasteiger partial charge on any atom is 0.205 e. The summed E-state index contributed by atoms with van der Waals surface area (Å²) in [5, 5.41) is 7.52. The van der Waals surface area contributed by atoms with Gasteiger partial charge in [-0.15, -0.1) is 11.3 Å². The number of aromatic nitrogens is 1. The van der Waals surface area contributed by atoms with Crippen molar-refractivity contribution in [2.45, 2.75) is 6.92 Å². The number of hydrogen-bond donors (Lipinski definition) is 0. The predicted molar refractivity (Wildman–Crippen MR) is 78.0 cm³/mol. The zero-order valence-corrected chi connectivity index (χ0v) is 12.2. The van der Waals surface area contributed by atoms with Crippen molar-refractivity contribution < 1.29 is 0 Å². The molecule has 0 spiro atoms. The van der Waals surface area contributed by atoms with E-state index in [1.54, 1.807) is 36.1 Å². The molecule has 2 rings (SSSR count). The molecule has 0 saturated carbocycles. The van der Waals surface area contributed by atoms with E-state index in [-0.39, 0.29) is 0 Å². The first-order valence-corrected chi connectivity index (χ1v) is 6.85. The van der Waals surface area contributed by atoms with E-state index in [4.69, 9.17) is 23.2 Å². The van der Waals surface area contributed by atoms with Crippen LogP contribution in [0.15, 0.2) is 33.7 Å². The quantitative estimate of drug-likeness (QED) is 0.759. The molecule has 94 valence electrons. The van der Waals surface area contributed by atoms with Crippen LogP contribution < -0.4 is 4.80 Å². The Hall–Kier alpha value is -1.10. The van der Waals surface area contributed by atoms with Crippen molar-refractivity contribution in [3.8, 4) is 0 Å². The van der Waals surface area contributed by atoms with Gasteiger partial charge in [0.1, 0.15) is 0 Å². The molecule has 0 atom stereocenters. The van der Waals surface area contributed by atoms with Crippen LogP contribution in [-0.2, 0) is 0 Å². The van der Waals surface area contributed by atoms with E-state index in [0.717, 1.165) is 10.5 Å². The maximum atomic E-state index is 6.08. The highest BCUT2D eigenvalue weighted by molar-refractivity contribution is 7.07. The Bertz CT molecular complexity index is 635. The average molecular weight is 300 g/mol. The summed E-state index contributed by atoms with van der Waals surface area (Å²) in [7, 11) is 1.74. The van der Waals surface area contributed by atoms with Gasteiger partial charge in [0.15, 0.2) is 0 Å². The standard InChI is InChI=1S/C12H11Cl2N3S/c1-8-7-18-12(15-2)17(8)16-6-9-10(13)4-3-5-11(9)14/h3-7H,1-2H3/b15-12?,16-6+. The summed E-state index contributed by atoms with van der Waals surface area (Å²) in [6.07, 6.45) is 1.65. The fraction of sp³-hybridized carbons (Fsp3) is 0.167. The number of thiazole rings is 1. The molecule has 0 bridgehead atoms. The number of nitrogens with zero attached hydrogens (tertiary/aromatic N) is 3. The summed E-state index contributed by atoms with van der Waals surface area (Å²) < 4.78 is 1.75. The number of benzene rings is 1. The Balaban J connectivity index is 2.46. The van der Waals surface area contributed by atoms with Gasteiger partial charge in [0, 0.05) is 18.0 Å². The van der Waals surface area contributed by atoms with E-state index in [0.29, 0.717) is 15.6 Å². The van der Waals surface area contributed by atoms with Crippen LogP contribution in [-0.4, -0.2) is 17.9 Å². The van der Waals surface area contributed by atoms with E-state index < -0.39 is 0 Å². The van der Waals surface area contributed by atoms with Gasteiger partial charge < -0.3 is 0 Å². The first-order chi connectivity index (χ1) is 8.63. The molecule has 0 aliphatic heterocycles. The molecule has 18 heavy (non-hydrogen) atoms. The average Bonchev–Trinajstić information content (AvgIpc) is 2.70. The number of hydrogen-bond acceptors (Lipinski definition) is 3. The summed E-state index contributed by atoms with van der Waals surface area (Å²) in [5.41, 5.74) is 1.72. The summed E-state index contributed by atoms with van der Waals surface area (Å²) >= 11 is 13.7. The minimum absolute atomic E-state index is 0.578. The van der Waals surface area contributed by atoms with Gasteiger partial charge in [0.2, 0.25) is 4.80 Å². The van der Waals surface area contributed by atoms with Gasteiger partial charge in [-0.1, -0.05) is 29.3 Å². The van der Waals surface area contributed by atoms with Crippen molar-refractivity contribution in [3.63, 3.8) is 0 Å². The molecule has 0 aliphatic carbocycles. The van der Waals surface area contributed by atoms with Crippen LogP contribution in [0, 0.1) is 6.92 Å². The highest BCUT2D eigenvalue weighted by Gasteiger charge is 2.03. The van der Waals surface area contributed by atoms with Gasteiger partial charge in [-0.3, -0.25) is 4.99 Å². The Kier molecular flexibility index (Phi) is 4.22. The molecule has 0 fully saturated rings. The third kappa shape index (κ3) is 2.66. The smallest absolute Gasteiger partial charge is 0.205 e. The zero-order chi connectivity index (χ0) is 13.1. The van der Waals surface area contributed by atoms with Crippen molar-refractivity contribution in [1.29, 1.82) is 0 Å². The molecule has 0 radical (unpaired) electrons. The zero-order valence-electron chi connectivity index (χ0n) is 9.89. The van der Waals surface area contributed by atoms with Gasteiger partial charge in [0.25, 0.3) is 0 Å². The molecule has 3 nitrogen and oxygen atoms in total. The highest BCUT2D eigenvalue weighted by atomic mass is 35.5. The summed E-state index contributed by atoms with van der Waals surface area (Å²) in [6.45, 7) is 1.97. The molecule has 6 heteroatoms. The van der Waals surface area contributed by atoms with Gasteiger partial charge in [-0.25, -0.2) is 4.68 Å². The van der Waals surface area contributed by atoms with E-state index in [2.05, 4.69) is 10.1 Å². The predicted octanol–water partition coefficient (Wildman–Crippen LogP) is 3.58. The normalized spacial score (nSPS) is 12.6. The molecule has 2 aromatic rings. The molecule has 1 aromatic carbocycles. The molecule has 1 aromatic heterocycles. The van der Waals surface area contributed by atoms with Crippen LogP contribution >= 0.6 is 34.5 Å². The lowest BCUT2D eigenvalue weighted by molar-refractivity contribution is 0.805. The fourth-order valence-corrected chi connectivity index (χ4v) is 2.69. The number of halogens is 2. The Morgan fingerprint density at radius 2 is 1.94 bits per heavy atom. The van der Waals surface area contributed by atoms with E-state index in [1.807, 2.05) is 12.3 Å². The second-order valence-corrected chi connectivity index (χ2v) is 5.23. The first-order valence-electron chi connectivity index (χ1n) is 5.22. The van der Waals surface area contributed by atoms with Crippen molar-refractivity contribution in [2.24, 2.45) is 10.1 Å². The highest BCUT2D eigenvalue weighted by Crippen LogP contribution is 2.22. The third-order valence-corrected chi connectivity index (χ3v) is 4.03. The van der Waals surface area contributed by atoms with Crippen LogP contribution in [0.5, 0.6) is 0 Å². The molecular weight excluding hydrogens is 289 g/mol. The number of rotatable bonds is 2. The summed E-state index contributed by atoms with van der Waals surface area (Å²) in [4.78, 5) is 4.98. The molecule has 0 aliphatic rings. The van der Waals surface area contributed by atoms with Gasteiger partial charge in [-0.2, -0.15) is 5.10 Å². The second kappa shape index (κ2) is 5.69. The lowest BCUT2D eigenvalue weighted by Crippen LogP contribution is -2.11. The maximum absolute atomic E-state index is 6.08. The minimum Gasteiger partial charge on any atom is -0.261 e. The molecule has 0 amide bonds. The largest absolute Gasteiger partial charge is 0.261 e. The van der Waals surface area contributed by atoms with Crippen LogP contribution in [0.25, 0.3) is 0 Å². The van der Waals surface area contributed by atoms with Crippen molar-refractivity contribution >= 4 is 40.8 Å². The van der Waals surface area contributed by atoms with Crippen molar-refractivity contribution in [1.82, 2.24) is 4.68 Å². The molecule has 1 heterocycles. The van der Waals surface area contributed by atoms with E-state index in [1.165, 1.54) is 11.3 Å². The Morgan fingerprint density at radius 3 is 2.56 bits per heavy atom. The Morgan fingerprint density at radius 1 is 1.28 bits per heavy atom. The summed E-state index contributed by atoms with van der Waals surface area (Å²) in [5.74, 6) is 0. The molecule has 0 saturated heterocycles. The number of aryl methyl sites for hydroxylation is 1. The van der Waals surface area contributed by atoms with E-state index in [9.17, 15) is 0 Å². The first kappa shape index (κ1) is 13.3. The van der Waals surface area contributed by atoms with Crippen LogP contribution in [0.1, 0.15) is 11.3 Å². The summed E-state index contributed by atoms with van der Waals surface area (Å²) in [6, 6.07) is 5.37. The molecule has 0 N–H and O–H groups in total. The lowest BCUT2D eigenvalue weighted by atomic mass is 10.2. The second-order valence-electron chi connectivity index (χ2n) is 3.57. The van der Waals surface area contributed by atoms with Crippen molar-refractivity contribution in [3.05, 3.63) is 49.7 Å².